The molecular formula is C20H27N3O3S. The lowest BCUT2D eigenvalue weighted by Gasteiger charge is -2.12. The predicted molar refractivity (Wildman–Crippen MR) is 110 cm³/mol. The van der Waals surface area contributed by atoms with Crippen molar-refractivity contribution < 1.29 is 10.0 Å². The Morgan fingerprint density at radius 1 is 1.15 bits per heavy atom. The first-order valence-electron chi connectivity index (χ1n) is 9.47. The molecule has 0 saturated heterocycles. The average molecular weight is 390 g/mol. The third-order valence-corrected chi connectivity index (χ3v) is 5.41. The van der Waals surface area contributed by atoms with Gasteiger partial charge in [-0.05, 0) is 36.4 Å². The fourth-order valence-electron chi connectivity index (χ4n) is 2.76. The topological polar surface area (TPSA) is 88.1 Å². The first-order valence-corrected chi connectivity index (χ1v) is 10.5. The van der Waals surface area contributed by atoms with Gasteiger partial charge >= 0.3 is 0 Å². The molecule has 0 radical (unpaired) electrons. The number of unbranched alkanes of at least 4 members (excludes halogenated alkanes) is 5. The van der Waals surface area contributed by atoms with Crippen LogP contribution in [0.5, 0.6) is 5.75 Å². The molecule has 146 valence electrons. The van der Waals surface area contributed by atoms with E-state index in [1.54, 1.807) is 42.1 Å². The summed E-state index contributed by atoms with van der Waals surface area (Å²) in [6, 6.07) is 3.69. The summed E-state index contributed by atoms with van der Waals surface area (Å²) in [4.78, 5) is 11.7. The van der Waals surface area contributed by atoms with Crippen LogP contribution in [0.25, 0.3) is 0 Å². The maximum atomic E-state index is 11.1. The van der Waals surface area contributed by atoms with Gasteiger partial charge in [0.15, 0.2) is 6.04 Å². The number of hydrogen-bond donors (Lipinski definition) is 1. The SMILES string of the molecule is CCCCCCCCSc1ccc(N=NC2C=CC=CC2[N+](=O)[O-])c(O)c1. The number of rotatable bonds is 11. The van der Waals surface area contributed by atoms with Crippen molar-refractivity contribution in [1.82, 2.24) is 0 Å². The van der Waals surface area contributed by atoms with Crippen LogP contribution in [0.3, 0.4) is 0 Å². The standard InChI is InChI=1S/C20H27N3O3S/c1-2-3-4-5-6-9-14-27-16-12-13-18(20(24)15-16)22-21-17-10-7-8-11-19(17)23(25)26/h7-8,10-13,15,17,19,24H,2-6,9,14H2,1H3. The van der Waals surface area contributed by atoms with Gasteiger partial charge in [0.2, 0.25) is 0 Å². The molecule has 2 rings (SSSR count). The Morgan fingerprint density at radius 2 is 1.89 bits per heavy atom. The summed E-state index contributed by atoms with van der Waals surface area (Å²) < 4.78 is 0. The summed E-state index contributed by atoms with van der Waals surface area (Å²) in [7, 11) is 0. The van der Waals surface area contributed by atoms with Crippen LogP contribution >= 0.6 is 11.8 Å². The molecule has 1 aromatic rings. The summed E-state index contributed by atoms with van der Waals surface area (Å²) in [6.07, 6.45) is 14.1. The zero-order valence-corrected chi connectivity index (χ0v) is 16.5. The van der Waals surface area contributed by atoms with Gasteiger partial charge in [-0.3, -0.25) is 10.1 Å². The Hall–Kier alpha value is -2.15. The quantitative estimate of drug-likeness (QED) is 0.164. The third-order valence-electron chi connectivity index (χ3n) is 4.33. The summed E-state index contributed by atoms with van der Waals surface area (Å²) in [5, 5.41) is 29.3. The second kappa shape index (κ2) is 11.5. The van der Waals surface area contributed by atoms with Gasteiger partial charge in [0, 0.05) is 9.82 Å². The maximum absolute atomic E-state index is 11.1. The first kappa shape index (κ1) is 21.2. The fourth-order valence-corrected chi connectivity index (χ4v) is 3.71. The largest absolute Gasteiger partial charge is 0.506 e. The third kappa shape index (κ3) is 7.17. The van der Waals surface area contributed by atoms with Crippen LogP contribution in [0.2, 0.25) is 0 Å². The normalized spacial score (nSPS) is 19.0. The lowest BCUT2D eigenvalue weighted by Crippen LogP contribution is -2.30. The van der Waals surface area contributed by atoms with Gasteiger partial charge in [0.25, 0.3) is 6.04 Å². The average Bonchev–Trinajstić information content (AvgIpc) is 2.66. The van der Waals surface area contributed by atoms with Crippen LogP contribution in [0, 0.1) is 10.1 Å². The molecule has 6 nitrogen and oxygen atoms in total. The van der Waals surface area contributed by atoms with E-state index in [0.717, 1.165) is 10.6 Å². The van der Waals surface area contributed by atoms with Crippen molar-refractivity contribution in [3.05, 3.63) is 52.6 Å². The highest BCUT2D eigenvalue weighted by Gasteiger charge is 2.28. The molecule has 2 atom stereocenters. The molecule has 0 fully saturated rings. The lowest BCUT2D eigenvalue weighted by molar-refractivity contribution is -0.510. The molecule has 1 aliphatic rings. The second-order valence-corrected chi connectivity index (χ2v) is 7.69. The molecule has 0 amide bonds. The van der Waals surface area contributed by atoms with Crippen LogP contribution in [-0.4, -0.2) is 27.9 Å². The molecule has 0 heterocycles. The summed E-state index contributed by atoms with van der Waals surface area (Å²) in [5.74, 6) is 1.07. The van der Waals surface area contributed by atoms with E-state index in [1.807, 2.05) is 6.07 Å². The monoisotopic (exact) mass is 389 g/mol. The number of aromatic hydroxyl groups is 1. The molecule has 7 heteroatoms. The molecule has 2 unspecified atom stereocenters. The van der Waals surface area contributed by atoms with E-state index in [0.29, 0.717) is 5.69 Å². The number of nitrogens with zero attached hydrogens (tertiary/aromatic N) is 3. The van der Waals surface area contributed by atoms with Crippen molar-refractivity contribution in [3.63, 3.8) is 0 Å². The summed E-state index contributed by atoms with van der Waals surface area (Å²) in [5.41, 5.74) is 0.323. The Kier molecular flexibility index (Phi) is 9.04. The number of nitro groups is 1. The Bertz CT molecular complexity index is 704. The number of azo groups is 1. The minimum atomic E-state index is -0.923. The molecule has 1 aromatic carbocycles. The van der Waals surface area contributed by atoms with Gasteiger partial charge in [-0.1, -0.05) is 57.3 Å². The van der Waals surface area contributed by atoms with Crippen molar-refractivity contribution in [2.24, 2.45) is 10.2 Å². The molecule has 1 aliphatic carbocycles. The minimum absolute atomic E-state index is 0.0414. The van der Waals surface area contributed by atoms with E-state index in [-0.39, 0.29) is 10.7 Å². The van der Waals surface area contributed by atoms with Gasteiger partial charge in [0.05, 0.1) is 0 Å². The zero-order chi connectivity index (χ0) is 19.5. The van der Waals surface area contributed by atoms with Crippen LogP contribution < -0.4 is 0 Å². The second-order valence-electron chi connectivity index (χ2n) is 6.52. The highest BCUT2D eigenvalue weighted by molar-refractivity contribution is 7.99. The highest BCUT2D eigenvalue weighted by atomic mass is 32.2. The molecule has 0 bridgehead atoms. The van der Waals surface area contributed by atoms with E-state index >= 15 is 0 Å². The number of allylic oxidation sites excluding steroid dienone is 2. The zero-order valence-electron chi connectivity index (χ0n) is 15.7. The van der Waals surface area contributed by atoms with Crippen LogP contribution in [0.15, 0.2) is 57.6 Å². The van der Waals surface area contributed by atoms with Gasteiger partial charge in [0.1, 0.15) is 11.4 Å². The van der Waals surface area contributed by atoms with Crippen molar-refractivity contribution in [2.45, 2.75) is 62.4 Å². The number of thioether (sulfide) groups is 1. The van der Waals surface area contributed by atoms with E-state index in [9.17, 15) is 15.2 Å². The summed E-state index contributed by atoms with van der Waals surface area (Å²) >= 11 is 1.72. The van der Waals surface area contributed by atoms with Crippen molar-refractivity contribution >= 4 is 17.4 Å². The molecule has 0 aliphatic heterocycles. The van der Waals surface area contributed by atoms with Crippen LogP contribution in [-0.2, 0) is 0 Å². The highest BCUT2D eigenvalue weighted by Crippen LogP contribution is 2.32. The molecule has 27 heavy (non-hydrogen) atoms. The number of hydrogen-bond acceptors (Lipinski definition) is 6. The Balaban J connectivity index is 1.84. The predicted octanol–water partition coefficient (Wildman–Crippen LogP) is 6.07. The number of phenols is 1. The smallest absolute Gasteiger partial charge is 0.258 e. The fraction of sp³-hybridized carbons (Fsp3) is 0.500. The lowest BCUT2D eigenvalue weighted by atomic mass is 10.1. The number of phenolic OH excluding ortho intramolecular Hbond substituents is 1. The molecule has 0 spiro atoms. The van der Waals surface area contributed by atoms with Gasteiger partial charge in [-0.25, -0.2) is 0 Å². The Labute approximate surface area is 164 Å². The van der Waals surface area contributed by atoms with Gasteiger partial charge in [-0.2, -0.15) is 10.2 Å². The summed E-state index contributed by atoms with van der Waals surface area (Å²) in [6.45, 7) is 2.22. The van der Waals surface area contributed by atoms with E-state index in [1.165, 1.54) is 44.6 Å². The van der Waals surface area contributed by atoms with Crippen molar-refractivity contribution in [1.29, 1.82) is 0 Å². The van der Waals surface area contributed by atoms with Crippen molar-refractivity contribution in [2.75, 3.05) is 5.75 Å². The van der Waals surface area contributed by atoms with E-state index < -0.39 is 12.1 Å². The van der Waals surface area contributed by atoms with Crippen molar-refractivity contribution in [3.8, 4) is 5.75 Å². The van der Waals surface area contributed by atoms with Crippen LogP contribution in [0.1, 0.15) is 45.4 Å². The van der Waals surface area contributed by atoms with E-state index in [4.69, 9.17) is 0 Å². The molecule has 0 aromatic heterocycles. The maximum Gasteiger partial charge on any atom is 0.258 e. The minimum Gasteiger partial charge on any atom is -0.506 e. The Morgan fingerprint density at radius 3 is 2.63 bits per heavy atom. The molecule has 0 saturated carbocycles. The van der Waals surface area contributed by atoms with E-state index in [2.05, 4.69) is 17.2 Å². The van der Waals surface area contributed by atoms with Gasteiger partial charge < -0.3 is 5.11 Å². The first-order chi connectivity index (χ1) is 13.1. The van der Waals surface area contributed by atoms with Crippen LogP contribution in [0.4, 0.5) is 5.69 Å². The van der Waals surface area contributed by atoms with Gasteiger partial charge in [-0.15, -0.1) is 11.8 Å². The number of benzene rings is 1. The molecule has 1 N–H and O–H groups in total. The molecular weight excluding hydrogens is 362 g/mol.